The van der Waals surface area contributed by atoms with Crippen molar-refractivity contribution in [1.82, 2.24) is 20.0 Å². The number of rotatable bonds is 8. The molecule has 2 aromatic rings. The van der Waals surface area contributed by atoms with Crippen LogP contribution in [0, 0.1) is 5.92 Å². The van der Waals surface area contributed by atoms with E-state index in [1.807, 2.05) is 16.8 Å². The minimum Gasteiger partial charge on any atom is -0.469 e. The van der Waals surface area contributed by atoms with Gasteiger partial charge in [-0.05, 0) is 37.8 Å². The molecule has 1 aliphatic rings. The van der Waals surface area contributed by atoms with E-state index in [2.05, 4.69) is 29.2 Å². The van der Waals surface area contributed by atoms with Crippen molar-refractivity contribution < 1.29 is 13.9 Å². The van der Waals surface area contributed by atoms with E-state index in [0.29, 0.717) is 18.1 Å². The Bertz CT molecular complexity index is 813. The van der Waals surface area contributed by atoms with Gasteiger partial charge in [0.05, 0.1) is 30.7 Å². The van der Waals surface area contributed by atoms with Crippen molar-refractivity contribution in [2.75, 3.05) is 32.8 Å². The standard InChI is InChI=1S/C22H33N5O3/c1-4-29-21(28)18-14-25-27(15-18)19-7-5-11-26(16-19)22(24-13-17(2)3)23-10-9-20-8-6-12-30-20/h6,8,12,14-15,17,19H,4-5,7,9-11,13,16H2,1-3H3,(H,23,24). The maximum atomic E-state index is 12.0. The summed E-state index contributed by atoms with van der Waals surface area (Å²) in [5.74, 6) is 2.06. The zero-order valence-electron chi connectivity index (χ0n) is 18.2. The SMILES string of the molecule is CCOC(=O)c1cnn(C2CCCN(C(=NCC(C)C)NCCc3ccco3)C2)c1. The van der Waals surface area contributed by atoms with Crippen LogP contribution in [-0.4, -0.2) is 59.4 Å². The Morgan fingerprint density at radius 2 is 2.33 bits per heavy atom. The first kappa shape index (κ1) is 21.9. The van der Waals surface area contributed by atoms with E-state index < -0.39 is 0 Å². The number of ether oxygens (including phenoxy) is 1. The van der Waals surface area contributed by atoms with Crippen LogP contribution in [-0.2, 0) is 11.2 Å². The van der Waals surface area contributed by atoms with Crippen molar-refractivity contribution in [3.63, 3.8) is 0 Å². The van der Waals surface area contributed by atoms with Crippen molar-refractivity contribution in [1.29, 1.82) is 0 Å². The molecule has 0 bridgehead atoms. The van der Waals surface area contributed by atoms with Gasteiger partial charge in [-0.2, -0.15) is 5.10 Å². The molecule has 0 amide bonds. The molecule has 3 rings (SSSR count). The number of nitrogens with zero attached hydrogens (tertiary/aromatic N) is 4. The summed E-state index contributed by atoms with van der Waals surface area (Å²) >= 11 is 0. The largest absolute Gasteiger partial charge is 0.469 e. The predicted molar refractivity (Wildman–Crippen MR) is 116 cm³/mol. The van der Waals surface area contributed by atoms with Crippen molar-refractivity contribution >= 4 is 11.9 Å². The average Bonchev–Trinajstić information content (AvgIpc) is 3.43. The van der Waals surface area contributed by atoms with E-state index in [1.165, 1.54) is 0 Å². The number of guanidine groups is 1. The molecule has 8 heteroatoms. The summed E-state index contributed by atoms with van der Waals surface area (Å²) in [6, 6.07) is 4.09. The second kappa shape index (κ2) is 10.8. The van der Waals surface area contributed by atoms with Gasteiger partial charge in [0.25, 0.3) is 0 Å². The Balaban J connectivity index is 1.64. The lowest BCUT2D eigenvalue weighted by Crippen LogP contribution is -2.47. The van der Waals surface area contributed by atoms with Crippen LogP contribution < -0.4 is 5.32 Å². The molecule has 30 heavy (non-hydrogen) atoms. The Morgan fingerprint density at radius 1 is 1.47 bits per heavy atom. The van der Waals surface area contributed by atoms with Crippen LogP contribution in [0.3, 0.4) is 0 Å². The van der Waals surface area contributed by atoms with Gasteiger partial charge in [0.1, 0.15) is 5.76 Å². The first-order valence-electron chi connectivity index (χ1n) is 10.8. The number of carbonyl (C=O) groups excluding carboxylic acids is 1. The summed E-state index contributed by atoms with van der Waals surface area (Å²) in [5, 5.41) is 7.93. The molecule has 2 aromatic heterocycles. The molecule has 1 fully saturated rings. The number of likely N-dealkylation sites (tertiary alicyclic amines) is 1. The smallest absolute Gasteiger partial charge is 0.341 e. The van der Waals surface area contributed by atoms with Gasteiger partial charge in [-0.15, -0.1) is 0 Å². The fraction of sp³-hybridized carbons (Fsp3) is 0.591. The molecular formula is C22H33N5O3. The number of nitrogens with one attached hydrogen (secondary N) is 1. The highest BCUT2D eigenvalue weighted by Crippen LogP contribution is 2.21. The average molecular weight is 416 g/mol. The minimum absolute atomic E-state index is 0.193. The Hall–Kier alpha value is -2.77. The number of hydrogen-bond acceptors (Lipinski definition) is 5. The van der Waals surface area contributed by atoms with E-state index in [-0.39, 0.29) is 12.0 Å². The topological polar surface area (TPSA) is 84.9 Å². The second-order valence-electron chi connectivity index (χ2n) is 7.99. The molecule has 1 saturated heterocycles. The molecule has 0 spiro atoms. The first-order chi connectivity index (χ1) is 14.6. The van der Waals surface area contributed by atoms with Gasteiger partial charge in [0.2, 0.25) is 0 Å². The van der Waals surface area contributed by atoms with Crippen LogP contribution in [0.15, 0.2) is 40.2 Å². The van der Waals surface area contributed by atoms with Crippen molar-refractivity contribution in [3.8, 4) is 0 Å². The zero-order valence-corrected chi connectivity index (χ0v) is 18.2. The lowest BCUT2D eigenvalue weighted by Gasteiger charge is -2.35. The molecule has 0 aliphatic carbocycles. The number of furan rings is 1. The zero-order chi connectivity index (χ0) is 21.3. The highest BCUT2D eigenvalue weighted by Gasteiger charge is 2.25. The molecule has 1 aliphatic heterocycles. The van der Waals surface area contributed by atoms with Gasteiger partial charge in [0.15, 0.2) is 5.96 Å². The van der Waals surface area contributed by atoms with Gasteiger partial charge in [0, 0.05) is 38.8 Å². The molecule has 1 N–H and O–H groups in total. The van der Waals surface area contributed by atoms with E-state index in [9.17, 15) is 4.79 Å². The molecule has 8 nitrogen and oxygen atoms in total. The number of aliphatic imine (C=N–C) groups is 1. The maximum Gasteiger partial charge on any atom is 0.341 e. The molecule has 3 heterocycles. The normalized spacial score (nSPS) is 17.4. The second-order valence-corrected chi connectivity index (χ2v) is 7.99. The highest BCUT2D eigenvalue weighted by molar-refractivity contribution is 5.88. The third-order valence-corrected chi connectivity index (χ3v) is 5.02. The lowest BCUT2D eigenvalue weighted by atomic mass is 10.1. The van der Waals surface area contributed by atoms with E-state index in [4.69, 9.17) is 14.1 Å². The number of esters is 1. The van der Waals surface area contributed by atoms with E-state index in [0.717, 1.165) is 57.2 Å². The summed E-state index contributed by atoms with van der Waals surface area (Å²) < 4.78 is 12.4. The minimum atomic E-state index is -0.324. The highest BCUT2D eigenvalue weighted by atomic mass is 16.5. The molecule has 1 atom stereocenters. The lowest BCUT2D eigenvalue weighted by molar-refractivity contribution is 0.0526. The van der Waals surface area contributed by atoms with Gasteiger partial charge >= 0.3 is 5.97 Å². The van der Waals surface area contributed by atoms with E-state index in [1.54, 1.807) is 25.6 Å². The van der Waals surface area contributed by atoms with Crippen molar-refractivity contribution in [2.45, 2.75) is 46.1 Å². The molecule has 1 unspecified atom stereocenters. The number of aromatic nitrogens is 2. The Kier molecular flexibility index (Phi) is 7.93. The van der Waals surface area contributed by atoms with Crippen molar-refractivity contribution in [2.24, 2.45) is 10.9 Å². The van der Waals surface area contributed by atoms with Crippen LogP contribution in [0.1, 0.15) is 55.8 Å². The third kappa shape index (κ3) is 6.11. The molecule has 0 aromatic carbocycles. The van der Waals surface area contributed by atoms with Crippen LogP contribution in [0.4, 0.5) is 0 Å². The third-order valence-electron chi connectivity index (χ3n) is 5.02. The molecule has 0 radical (unpaired) electrons. The summed E-state index contributed by atoms with van der Waals surface area (Å²) in [7, 11) is 0. The summed E-state index contributed by atoms with van der Waals surface area (Å²) in [6.07, 6.45) is 7.96. The molecule has 0 saturated carbocycles. The van der Waals surface area contributed by atoms with Gasteiger partial charge in [-0.1, -0.05) is 13.8 Å². The van der Waals surface area contributed by atoms with Gasteiger partial charge in [-0.3, -0.25) is 9.67 Å². The van der Waals surface area contributed by atoms with Crippen LogP contribution >= 0.6 is 0 Å². The number of hydrogen-bond donors (Lipinski definition) is 1. The maximum absolute atomic E-state index is 12.0. The quantitative estimate of drug-likeness (QED) is 0.405. The Morgan fingerprint density at radius 3 is 3.07 bits per heavy atom. The van der Waals surface area contributed by atoms with Gasteiger partial charge < -0.3 is 19.4 Å². The first-order valence-corrected chi connectivity index (χ1v) is 10.8. The van der Waals surface area contributed by atoms with Crippen LogP contribution in [0.2, 0.25) is 0 Å². The van der Waals surface area contributed by atoms with Crippen molar-refractivity contribution in [3.05, 3.63) is 42.1 Å². The summed E-state index contributed by atoms with van der Waals surface area (Å²) in [6.45, 7) is 9.80. The fourth-order valence-electron chi connectivity index (χ4n) is 3.51. The fourth-order valence-corrected chi connectivity index (χ4v) is 3.51. The van der Waals surface area contributed by atoms with Crippen LogP contribution in [0.5, 0.6) is 0 Å². The predicted octanol–water partition coefficient (Wildman–Crippen LogP) is 3.13. The van der Waals surface area contributed by atoms with E-state index >= 15 is 0 Å². The summed E-state index contributed by atoms with van der Waals surface area (Å²) in [4.78, 5) is 19.1. The number of piperidine rings is 1. The monoisotopic (exact) mass is 415 g/mol. The van der Waals surface area contributed by atoms with Gasteiger partial charge in [-0.25, -0.2) is 4.79 Å². The molecular weight excluding hydrogens is 382 g/mol. The number of carbonyl (C=O) groups is 1. The Labute approximate surface area is 178 Å². The molecule has 164 valence electrons. The van der Waals surface area contributed by atoms with Crippen LogP contribution in [0.25, 0.3) is 0 Å². The summed E-state index contributed by atoms with van der Waals surface area (Å²) in [5.41, 5.74) is 0.499.